The van der Waals surface area contributed by atoms with Crippen molar-refractivity contribution in [1.82, 2.24) is 14.7 Å². The Bertz CT molecular complexity index is 560. The number of aliphatic hydroxyl groups is 1. The zero-order valence-electron chi connectivity index (χ0n) is 13.5. The first-order valence-electron chi connectivity index (χ1n) is 8.39. The molecule has 1 N–H and O–H groups in total. The molecule has 3 rings (SSSR count). The molecular formula is C18H25N3O2. The molecule has 5 heteroatoms. The minimum Gasteiger partial charge on any atom is -0.396 e. The summed E-state index contributed by atoms with van der Waals surface area (Å²) in [6.45, 7) is 4.03. The molecule has 1 saturated heterocycles. The van der Waals surface area contributed by atoms with Crippen LogP contribution in [0.3, 0.4) is 0 Å². The minimum absolute atomic E-state index is 0.216. The van der Waals surface area contributed by atoms with E-state index in [1.807, 2.05) is 16.9 Å². The molecular weight excluding hydrogens is 290 g/mol. The van der Waals surface area contributed by atoms with Crippen LogP contribution in [-0.2, 0) is 11.3 Å². The standard InChI is InChI=1S/C18H25N3O2/c22-13-2-14-23-18-7-11-20(12-8-18)15-16-3-5-17(6-4-16)21-10-1-9-19-21/h1,3-6,9-10,18,22H,2,7-8,11-15H2. The van der Waals surface area contributed by atoms with Crippen molar-refractivity contribution in [2.45, 2.75) is 31.9 Å². The van der Waals surface area contributed by atoms with Crippen LogP contribution >= 0.6 is 0 Å². The Morgan fingerprint density at radius 1 is 1.17 bits per heavy atom. The van der Waals surface area contributed by atoms with Crippen molar-refractivity contribution in [2.24, 2.45) is 0 Å². The van der Waals surface area contributed by atoms with Crippen molar-refractivity contribution in [2.75, 3.05) is 26.3 Å². The van der Waals surface area contributed by atoms with Gasteiger partial charge in [0.1, 0.15) is 0 Å². The molecule has 5 nitrogen and oxygen atoms in total. The molecule has 0 amide bonds. The average Bonchev–Trinajstić information content (AvgIpc) is 3.12. The van der Waals surface area contributed by atoms with E-state index in [4.69, 9.17) is 9.84 Å². The van der Waals surface area contributed by atoms with Crippen LogP contribution in [0.15, 0.2) is 42.7 Å². The summed E-state index contributed by atoms with van der Waals surface area (Å²) in [5.74, 6) is 0. The molecule has 1 aromatic carbocycles. The van der Waals surface area contributed by atoms with E-state index in [9.17, 15) is 0 Å². The predicted octanol–water partition coefficient (Wildman–Crippen LogP) is 2.24. The fraction of sp³-hybridized carbons (Fsp3) is 0.500. The van der Waals surface area contributed by atoms with E-state index >= 15 is 0 Å². The third-order valence-corrected chi connectivity index (χ3v) is 4.30. The zero-order chi connectivity index (χ0) is 15.9. The maximum absolute atomic E-state index is 8.79. The molecule has 1 aromatic heterocycles. The predicted molar refractivity (Wildman–Crippen MR) is 89.5 cm³/mol. The molecule has 1 aliphatic heterocycles. The third kappa shape index (κ3) is 4.64. The molecule has 1 fully saturated rings. The Morgan fingerprint density at radius 2 is 1.96 bits per heavy atom. The largest absolute Gasteiger partial charge is 0.396 e. The summed E-state index contributed by atoms with van der Waals surface area (Å²) in [4.78, 5) is 2.48. The van der Waals surface area contributed by atoms with Gasteiger partial charge in [-0.05, 0) is 43.0 Å². The lowest BCUT2D eigenvalue weighted by molar-refractivity contribution is 0.000786. The highest BCUT2D eigenvalue weighted by atomic mass is 16.5. The van der Waals surface area contributed by atoms with Gasteiger partial charge in [-0.1, -0.05) is 12.1 Å². The summed E-state index contributed by atoms with van der Waals surface area (Å²) in [6.07, 6.45) is 7.01. The summed E-state index contributed by atoms with van der Waals surface area (Å²) in [5.41, 5.74) is 2.43. The second kappa shape index (κ2) is 8.24. The van der Waals surface area contributed by atoms with Crippen molar-refractivity contribution in [1.29, 1.82) is 0 Å². The Kier molecular flexibility index (Phi) is 5.80. The van der Waals surface area contributed by atoms with Crippen LogP contribution < -0.4 is 0 Å². The molecule has 23 heavy (non-hydrogen) atoms. The highest BCUT2D eigenvalue weighted by Crippen LogP contribution is 2.17. The first-order chi connectivity index (χ1) is 11.3. The first-order valence-corrected chi connectivity index (χ1v) is 8.39. The zero-order valence-corrected chi connectivity index (χ0v) is 13.5. The molecule has 124 valence electrons. The van der Waals surface area contributed by atoms with Gasteiger partial charge in [0.2, 0.25) is 0 Å². The van der Waals surface area contributed by atoms with Gasteiger partial charge in [0.15, 0.2) is 0 Å². The molecule has 2 aromatic rings. The molecule has 0 atom stereocenters. The second-order valence-corrected chi connectivity index (χ2v) is 6.04. The van der Waals surface area contributed by atoms with Crippen LogP contribution in [0.5, 0.6) is 0 Å². The van der Waals surface area contributed by atoms with Crippen molar-refractivity contribution >= 4 is 0 Å². The lowest BCUT2D eigenvalue weighted by Crippen LogP contribution is -2.36. The maximum atomic E-state index is 8.79. The van der Waals surface area contributed by atoms with E-state index in [2.05, 4.69) is 34.3 Å². The summed E-state index contributed by atoms with van der Waals surface area (Å²) in [5, 5.41) is 13.0. The number of piperidine rings is 1. The molecule has 0 aliphatic carbocycles. The van der Waals surface area contributed by atoms with E-state index in [0.29, 0.717) is 12.7 Å². The summed E-state index contributed by atoms with van der Waals surface area (Å²) in [7, 11) is 0. The van der Waals surface area contributed by atoms with E-state index in [1.54, 1.807) is 6.20 Å². The molecule has 1 aliphatic rings. The number of rotatable bonds is 7. The van der Waals surface area contributed by atoms with Crippen molar-refractivity contribution < 1.29 is 9.84 Å². The molecule has 0 unspecified atom stereocenters. The number of aliphatic hydroxyl groups excluding tert-OH is 1. The number of likely N-dealkylation sites (tertiary alicyclic amines) is 1. The highest BCUT2D eigenvalue weighted by molar-refractivity contribution is 5.33. The van der Waals surface area contributed by atoms with E-state index in [0.717, 1.165) is 44.6 Å². The lowest BCUT2D eigenvalue weighted by Gasteiger charge is -2.32. The van der Waals surface area contributed by atoms with E-state index in [1.165, 1.54) is 5.56 Å². The average molecular weight is 315 g/mol. The summed E-state index contributed by atoms with van der Waals surface area (Å²) in [6, 6.07) is 10.5. The van der Waals surface area contributed by atoms with Gasteiger partial charge in [0.25, 0.3) is 0 Å². The monoisotopic (exact) mass is 315 g/mol. The van der Waals surface area contributed by atoms with Gasteiger partial charge >= 0.3 is 0 Å². The fourth-order valence-corrected chi connectivity index (χ4v) is 2.98. The van der Waals surface area contributed by atoms with Crippen LogP contribution in [0.2, 0.25) is 0 Å². The number of hydrogen-bond donors (Lipinski definition) is 1. The quantitative estimate of drug-likeness (QED) is 0.796. The number of hydrogen-bond acceptors (Lipinski definition) is 4. The van der Waals surface area contributed by atoms with E-state index < -0.39 is 0 Å². The van der Waals surface area contributed by atoms with Crippen molar-refractivity contribution in [3.8, 4) is 5.69 Å². The van der Waals surface area contributed by atoms with Gasteiger partial charge in [0.05, 0.1) is 11.8 Å². The van der Waals surface area contributed by atoms with Crippen molar-refractivity contribution in [3.63, 3.8) is 0 Å². The Balaban J connectivity index is 1.45. The summed E-state index contributed by atoms with van der Waals surface area (Å²) < 4.78 is 7.66. The molecule has 0 spiro atoms. The van der Waals surface area contributed by atoms with Crippen LogP contribution in [0.25, 0.3) is 5.69 Å². The van der Waals surface area contributed by atoms with Gasteiger partial charge in [-0.25, -0.2) is 4.68 Å². The minimum atomic E-state index is 0.216. The van der Waals surface area contributed by atoms with Crippen LogP contribution in [0.1, 0.15) is 24.8 Å². The Hall–Kier alpha value is -1.69. The maximum Gasteiger partial charge on any atom is 0.0645 e. The number of nitrogens with zero attached hydrogens (tertiary/aromatic N) is 3. The van der Waals surface area contributed by atoms with Gasteiger partial charge < -0.3 is 9.84 Å². The van der Waals surface area contributed by atoms with E-state index in [-0.39, 0.29) is 6.61 Å². The highest BCUT2D eigenvalue weighted by Gasteiger charge is 2.19. The normalized spacial score (nSPS) is 16.7. The fourth-order valence-electron chi connectivity index (χ4n) is 2.98. The van der Waals surface area contributed by atoms with Gasteiger partial charge in [-0.15, -0.1) is 0 Å². The van der Waals surface area contributed by atoms with Crippen LogP contribution in [0, 0.1) is 0 Å². The first kappa shape index (κ1) is 16.2. The van der Waals surface area contributed by atoms with Crippen LogP contribution in [-0.4, -0.2) is 52.2 Å². The number of ether oxygens (including phenoxy) is 1. The van der Waals surface area contributed by atoms with Gasteiger partial charge in [-0.2, -0.15) is 5.10 Å². The summed E-state index contributed by atoms with van der Waals surface area (Å²) >= 11 is 0. The Morgan fingerprint density at radius 3 is 2.61 bits per heavy atom. The topological polar surface area (TPSA) is 50.5 Å². The molecule has 0 saturated carbocycles. The SMILES string of the molecule is OCCCOC1CCN(Cc2ccc(-n3cccn3)cc2)CC1. The molecule has 0 radical (unpaired) electrons. The van der Waals surface area contributed by atoms with Gasteiger partial charge in [0, 0.05) is 45.2 Å². The Labute approximate surface area is 137 Å². The second-order valence-electron chi connectivity index (χ2n) is 6.04. The van der Waals surface area contributed by atoms with Gasteiger partial charge in [-0.3, -0.25) is 4.90 Å². The third-order valence-electron chi connectivity index (χ3n) is 4.30. The van der Waals surface area contributed by atoms with Crippen LogP contribution in [0.4, 0.5) is 0 Å². The molecule has 0 bridgehead atoms. The van der Waals surface area contributed by atoms with Crippen molar-refractivity contribution in [3.05, 3.63) is 48.3 Å². The number of aromatic nitrogens is 2. The smallest absolute Gasteiger partial charge is 0.0645 e. The lowest BCUT2D eigenvalue weighted by atomic mass is 10.1. The number of benzene rings is 1. The molecule has 2 heterocycles.